The van der Waals surface area contributed by atoms with Gasteiger partial charge in [0.05, 0.1) is 0 Å². The number of hydrogen-bond acceptors (Lipinski definition) is 4. The number of carbonyl (C=O) groups is 1. The summed E-state index contributed by atoms with van der Waals surface area (Å²) < 4.78 is 6.01. The van der Waals surface area contributed by atoms with Crippen LogP contribution in [0.15, 0.2) is 36.7 Å². The first kappa shape index (κ1) is 20.3. The van der Waals surface area contributed by atoms with Crippen molar-refractivity contribution in [1.29, 1.82) is 0 Å². The van der Waals surface area contributed by atoms with Gasteiger partial charge in [-0.25, -0.2) is 0 Å². The second kappa shape index (κ2) is 9.69. The Balaban J connectivity index is 1.62. The quantitative estimate of drug-likeness (QED) is 0.794. The summed E-state index contributed by atoms with van der Waals surface area (Å²) in [4.78, 5) is 19.1. The van der Waals surface area contributed by atoms with Crippen molar-refractivity contribution in [2.24, 2.45) is 5.92 Å². The minimum absolute atomic E-state index is 0.131. The highest BCUT2D eigenvalue weighted by Crippen LogP contribution is 2.27. The molecule has 1 aliphatic heterocycles. The van der Waals surface area contributed by atoms with E-state index in [1.54, 1.807) is 6.20 Å². The predicted molar refractivity (Wildman–Crippen MR) is 112 cm³/mol. The average Bonchev–Trinajstić information content (AvgIpc) is 2.72. The molecule has 1 aliphatic rings. The highest BCUT2D eigenvalue weighted by atomic mass is 16.5. The second-order valence-electron chi connectivity index (χ2n) is 7.63. The van der Waals surface area contributed by atoms with Gasteiger partial charge in [0, 0.05) is 36.6 Å². The number of ether oxygens (including phenoxy) is 1. The molecule has 1 aromatic heterocycles. The Labute approximate surface area is 168 Å². The fourth-order valence-corrected chi connectivity index (χ4v) is 3.81. The molecule has 5 heteroatoms. The molecule has 0 unspecified atom stereocenters. The first-order chi connectivity index (χ1) is 13.6. The Morgan fingerprint density at radius 2 is 1.96 bits per heavy atom. The van der Waals surface area contributed by atoms with Crippen LogP contribution in [-0.2, 0) is 6.61 Å². The van der Waals surface area contributed by atoms with Gasteiger partial charge in [-0.15, -0.1) is 0 Å². The zero-order valence-electron chi connectivity index (χ0n) is 17.2. The minimum atomic E-state index is 0.131. The van der Waals surface area contributed by atoms with Crippen molar-refractivity contribution < 1.29 is 9.53 Å². The van der Waals surface area contributed by atoms with Gasteiger partial charge < -0.3 is 15.0 Å². The number of aromatic nitrogens is 1. The Morgan fingerprint density at radius 1 is 1.25 bits per heavy atom. The molecule has 5 nitrogen and oxygen atoms in total. The van der Waals surface area contributed by atoms with E-state index in [4.69, 9.17) is 4.74 Å². The van der Waals surface area contributed by atoms with E-state index in [1.165, 1.54) is 0 Å². The van der Waals surface area contributed by atoms with Crippen LogP contribution < -0.4 is 10.1 Å². The van der Waals surface area contributed by atoms with Crippen molar-refractivity contribution in [1.82, 2.24) is 15.2 Å². The van der Waals surface area contributed by atoms with E-state index >= 15 is 0 Å². The second-order valence-corrected chi connectivity index (χ2v) is 7.63. The molecule has 1 aromatic carbocycles. The van der Waals surface area contributed by atoms with Crippen molar-refractivity contribution >= 4 is 5.91 Å². The molecule has 2 heterocycles. The van der Waals surface area contributed by atoms with E-state index in [-0.39, 0.29) is 5.91 Å². The smallest absolute Gasteiger partial charge is 0.253 e. The van der Waals surface area contributed by atoms with Crippen molar-refractivity contribution in [3.63, 3.8) is 0 Å². The van der Waals surface area contributed by atoms with Gasteiger partial charge in [-0.3, -0.25) is 9.78 Å². The SMILES string of the molecule is CCNCC1CCN(C(=O)c2cc(C)c(OCc3cccnc3)c(C)c2)CC1. The number of piperidine rings is 1. The Hall–Kier alpha value is -2.40. The fourth-order valence-electron chi connectivity index (χ4n) is 3.81. The van der Waals surface area contributed by atoms with E-state index in [0.29, 0.717) is 12.5 Å². The lowest BCUT2D eigenvalue weighted by Crippen LogP contribution is -2.40. The summed E-state index contributed by atoms with van der Waals surface area (Å²) in [5.41, 5.74) is 3.78. The average molecular weight is 382 g/mol. The molecule has 1 fully saturated rings. The zero-order valence-corrected chi connectivity index (χ0v) is 17.2. The number of nitrogens with one attached hydrogen (secondary N) is 1. The van der Waals surface area contributed by atoms with Gasteiger partial charge in [-0.2, -0.15) is 0 Å². The molecule has 2 aromatic rings. The number of carbonyl (C=O) groups excluding carboxylic acids is 1. The molecule has 1 N–H and O–H groups in total. The number of nitrogens with zero attached hydrogens (tertiary/aromatic N) is 2. The largest absolute Gasteiger partial charge is 0.488 e. The highest BCUT2D eigenvalue weighted by Gasteiger charge is 2.24. The maximum absolute atomic E-state index is 13.0. The van der Waals surface area contributed by atoms with Crippen LogP contribution in [0.3, 0.4) is 0 Å². The molecule has 1 saturated heterocycles. The standard InChI is InChI=1S/C23H31N3O2/c1-4-24-14-19-7-10-26(11-8-19)23(27)21-12-17(2)22(18(3)13-21)28-16-20-6-5-9-25-15-20/h5-6,9,12-13,15,19,24H,4,7-8,10-11,14,16H2,1-3H3. The van der Waals surface area contributed by atoms with Crippen LogP contribution >= 0.6 is 0 Å². The van der Waals surface area contributed by atoms with Crippen LogP contribution in [0.25, 0.3) is 0 Å². The van der Waals surface area contributed by atoms with Gasteiger partial charge >= 0.3 is 0 Å². The number of benzene rings is 1. The number of amides is 1. The van der Waals surface area contributed by atoms with Crippen LogP contribution in [0.4, 0.5) is 0 Å². The summed E-state index contributed by atoms with van der Waals surface area (Å²) >= 11 is 0. The first-order valence-corrected chi connectivity index (χ1v) is 10.2. The highest BCUT2D eigenvalue weighted by molar-refractivity contribution is 5.95. The van der Waals surface area contributed by atoms with Crippen LogP contribution in [0.2, 0.25) is 0 Å². The Morgan fingerprint density at radius 3 is 2.57 bits per heavy atom. The van der Waals surface area contributed by atoms with E-state index in [1.807, 2.05) is 49.2 Å². The molecule has 150 valence electrons. The normalized spacial score (nSPS) is 14.9. The molecule has 0 spiro atoms. The fraction of sp³-hybridized carbons (Fsp3) is 0.478. The molecule has 0 saturated carbocycles. The van der Waals surface area contributed by atoms with Gasteiger partial charge in [0.2, 0.25) is 0 Å². The monoisotopic (exact) mass is 381 g/mol. The minimum Gasteiger partial charge on any atom is -0.488 e. The number of rotatable bonds is 7. The first-order valence-electron chi connectivity index (χ1n) is 10.2. The summed E-state index contributed by atoms with van der Waals surface area (Å²) in [6, 6.07) is 7.81. The van der Waals surface area contributed by atoms with E-state index in [9.17, 15) is 4.79 Å². The summed E-state index contributed by atoms with van der Waals surface area (Å²) in [6.07, 6.45) is 5.71. The number of pyridine rings is 1. The molecule has 0 bridgehead atoms. The summed E-state index contributed by atoms with van der Waals surface area (Å²) in [5.74, 6) is 1.66. The van der Waals surface area contributed by atoms with Crippen molar-refractivity contribution in [2.75, 3.05) is 26.2 Å². The summed E-state index contributed by atoms with van der Waals surface area (Å²) in [6.45, 7) is 10.4. The molecule has 0 radical (unpaired) electrons. The lowest BCUT2D eigenvalue weighted by Gasteiger charge is -2.32. The third-order valence-electron chi connectivity index (χ3n) is 5.40. The molecule has 3 rings (SSSR count). The van der Waals surface area contributed by atoms with E-state index in [0.717, 1.165) is 67.0 Å². The van der Waals surface area contributed by atoms with Gasteiger partial charge in [-0.1, -0.05) is 13.0 Å². The summed E-state index contributed by atoms with van der Waals surface area (Å²) in [5, 5.41) is 3.42. The van der Waals surface area contributed by atoms with Crippen molar-refractivity contribution in [2.45, 2.75) is 40.2 Å². The molecule has 0 atom stereocenters. The number of aryl methyl sites for hydroxylation is 2. The van der Waals surface area contributed by atoms with Crippen LogP contribution in [-0.4, -0.2) is 42.0 Å². The van der Waals surface area contributed by atoms with Crippen LogP contribution in [0.5, 0.6) is 5.75 Å². The van der Waals surface area contributed by atoms with Gasteiger partial charge in [0.1, 0.15) is 12.4 Å². The molecule has 1 amide bonds. The van der Waals surface area contributed by atoms with Crippen molar-refractivity contribution in [3.05, 3.63) is 58.9 Å². The lowest BCUT2D eigenvalue weighted by molar-refractivity contribution is 0.0690. The maximum atomic E-state index is 13.0. The van der Waals surface area contributed by atoms with Gasteiger partial charge in [0.15, 0.2) is 0 Å². The Bertz CT molecular complexity index is 761. The van der Waals surface area contributed by atoms with Crippen molar-refractivity contribution in [3.8, 4) is 5.75 Å². The molecular formula is C23H31N3O2. The molecule has 0 aliphatic carbocycles. The topological polar surface area (TPSA) is 54.5 Å². The lowest BCUT2D eigenvalue weighted by atomic mass is 9.96. The zero-order chi connectivity index (χ0) is 19.9. The van der Waals surface area contributed by atoms with Crippen LogP contribution in [0.1, 0.15) is 46.8 Å². The number of hydrogen-bond donors (Lipinski definition) is 1. The third kappa shape index (κ3) is 5.10. The maximum Gasteiger partial charge on any atom is 0.253 e. The third-order valence-corrected chi connectivity index (χ3v) is 5.40. The van der Waals surface area contributed by atoms with Gasteiger partial charge in [-0.05, 0) is 75.0 Å². The van der Waals surface area contributed by atoms with Crippen LogP contribution in [0, 0.1) is 19.8 Å². The Kier molecular flexibility index (Phi) is 7.04. The molecule has 28 heavy (non-hydrogen) atoms. The predicted octanol–water partition coefficient (Wildman–Crippen LogP) is 3.74. The van der Waals surface area contributed by atoms with Gasteiger partial charge in [0.25, 0.3) is 5.91 Å². The number of likely N-dealkylation sites (tertiary alicyclic amines) is 1. The van der Waals surface area contributed by atoms with E-state index in [2.05, 4.69) is 17.2 Å². The summed E-state index contributed by atoms with van der Waals surface area (Å²) in [7, 11) is 0. The van der Waals surface area contributed by atoms with E-state index < -0.39 is 0 Å². The molecular weight excluding hydrogens is 350 g/mol.